The van der Waals surface area contributed by atoms with Crippen molar-refractivity contribution >= 4 is 23.8 Å². The van der Waals surface area contributed by atoms with E-state index in [0.29, 0.717) is 5.71 Å². The Morgan fingerprint density at radius 1 is 0.833 bits per heavy atom. The van der Waals surface area contributed by atoms with E-state index in [1.807, 2.05) is 30.3 Å². The van der Waals surface area contributed by atoms with Crippen LogP contribution in [-0.4, -0.2) is 23.8 Å². The second-order valence-corrected chi connectivity index (χ2v) is 3.15. The maximum Gasteiger partial charge on any atom is 0.211 e. The number of guanidine groups is 2. The van der Waals surface area contributed by atoms with Crippen LogP contribution < -0.4 is 22.9 Å². The van der Waals surface area contributed by atoms with Crippen molar-refractivity contribution in [2.45, 2.75) is 0 Å². The molecule has 0 aliphatic rings. The van der Waals surface area contributed by atoms with Gasteiger partial charge in [-0.25, -0.2) is 0 Å². The van der Waals surface area contributed by atoms with Crippen LogP contribution in [0, 0.1) is 0 Å². The molecule has 0 radical (unpaired) electrons. The standard InChI is InChI=1S/C10H14N8/c11-9(12)17-15-6-8(16-18-10(13)14)7-4-2-1-3-5-7/h1-6H,(H4,11,12,17)(H4,13,14,18)/b15-6-,16-8+. The Kier molecular flexibility index (Phi) is 4.85. The highest BCUT2D eigenvalue weighted by atomic mass is 15.3. The van der Waals surface area contributed by atoms with Crippen molar-refractivity contribution in [2.24, 2.45) is 43.3 Å². The van der Waals surface area contributed by atoms with Crippen LogP contribution in [0.15, 0.2) is 50.7 Å². The molecule has 8 heteroatoms. The van der Waals surface area contributed by atoms with Crippen molar-refractivity contribution in [2.75, 3.05) is 0 Å². The fourth-order valence-electron chi connectivity index (χ4n) is 1.03. The van der Waals surface area contributed by atoms with Gasteiger partial charge in [0.25, 0.3) is 0 Å². The second kappa shape index (κ2) is 6.63. The summed E-state index contributed by atoms with van der Waals surface area (Å²) in [4.78, 5) is 0. The number of benzene rings is 1. The maximum atomic E-state index is 5.20. The smallest absolute Gasteiger partial charge is 0.211 e. The molecular formula is C10H14N8. The predicted molar refractivity (Wildman–Crippen MR) is 73.1 cm³/mol. The molecule has 0 aliphatic heterocycles. The highest BCUT2D eigenvalue weighted by Gasteiger charge is 1.99. The average Bonchev–Trinajstić information content (AvgIpc) is 2.34. The summed E-state index contributed by atoms with van der Waals surface area (Å²) in [5.74, 6) is -0.306. The molecule has 0 saturated carbocycles. The van der Waals surface area contributed by atoms with Crippen molar-refractivity contribution in [3.8, 4) is 0 Å². The summed E-state index contributed by atoms with van der Waals surface area (Å²) in [7, 11) is 0. The molecule has 0 bridgehead atoms. The molecule has 0 aromatic heterocycles. The summed E-state index contributed by atoms with van der Waals surface area (Å²) in [6.45, 7) is 0. The molecule has 0 heterocycles. The van der Waals surface area contributed by atoms with E-state index in [0.717, 1.165) is 5.56 Å². The van der Waals surface area contributed by atoms with E-state index >= 15 is 0 Å². The molecular weight excluding hydrogens is 232 g/mol. The van der Waals surface area contributed by atoms with E-state index in [2.05, 4.69) is 20.4 Å². The minimum absolute atomic E-state index is 0.152. The average molecular weight is 246 g/mol. The van der Waals surface area contributed by atoms with Gasteiger partial charge in [0.15, 0.2) is 0 Å². The lowest BCUT2D eigenvalue weighted by Crippen LogP contribution is -2.22. The van der Waals surface area contributed by atoms with Crippen LogP contribution in [-0.2, 0) is 0 Å². The minimum Gasteiger partial charge on any atom is -0.369 e. The molecule has 0 atom stereocenters. The summed E-state index contributed by atoms with van der Waals surface area (Å²) in [5.41, 5.74) is 21.9. The Morgan fingerprint density at radius 2 is 1.44 bits per heavy atom. The van der Waals surface area contributed by atoms with E-state index in [1.54, 1.807) is 0 Å². The summed E-state index contributed by atoms with van der Waals surface area (Å²) in [5, 5.41) is 14.5. The van der Waals surface area contributed by atoms with Crippen LogP contribution in [0.25, 0.3) is 0 Å². The zero-order valence-corrected chi connectivity index (χ0v) is 9.56. The van der Waals surface area contributed by atoms with Crippen LogP contribution in [0.1, 0.15) is 5.56 Å². The Morgan fingerprint density at radius 3 is 2.00 bits per heavy atom. The molecule has 1 aromatic rings. The zero-order valence-electron chi connectivity index (χ0n) is 9.56. The third-order valence-corrected chi connectivity index (χ3v) is 1.70. The van der Waals surface area contributed by atoms with Gasteiger partial charge in [0.05, 0.1) is 6.21 Å². The van der Waals surface area contributed by atoms with Gasteiger partial charge in [-0.3, -0.25) is 0 Å². The van der Waals surface area contributed by atoms with Gasteiger partial charge in [-0.05, 0) is 0 Å². The van der Waals surface area contributed by atoms with E-state index in [-0.39, 0.29) is 11.9 Å². The first-order valence-corrected chi connectivity index (χ1v) is 4.93. The first kappa shape index (κ1) is 13.2. The van der Waals surface area contributed by atoms with Gasteiger partial charge in [0, 0.05) is 5.56 Å². The SMILES string of the molecule is NC(N)=N/N=C\C(=N/N=C(N)N)c1ccccc1. The van der Waals surface area contributed by atoms with Crippen LogP contribution >= 0.6 is 0 Å². The number of nitrogens with zero attached hydrogens (tertiary/aromatic N) is 4. The molecule has 0 amide bonds. The molecule has 1 rings (SSSR count). The highest BCUT2D eigenvalue weighted by molar-refractivity contribution is 6.38. The lowest BCUT2D eigenvalue weighted by Gasteiger charge is -1.97. The van der Waals surface area contributed by atoms with Gasteiger partial charge in [-0.1, -0.05) is 30.3 Å². The Balaban J connectivity index is 3.04. The van der Waals surface area contributed by atoms with E-state index in [4.69, 9.17) is 22.9 Å². The largest absolute Gasteiger partial charge is 0.369 e. The van der Waals surface area contributed by atoms with Crippen LogP contribution in [0.4, 0.5) is 0 Å². The molecule has 0 fully saturated rings. The Labute approximate surface area is 104 Å². The fraction of sp³-hybridized carbons (Fsp3) is 0. The lowest BCUT2D eigenvalue weighted by atomic mass is 10.1. The third-order valence-electron chi connectivity index (χ3n) is 1.70. The summed E-state index contributed by atoms with van der Waals surface area (Å²) >= 11 is 0. The topological polar surface area (TPSA) is 154 Å². The van der Waals surface area contributed by atoms with Crippen molar-refractivity contribution in [1.29, 1.82) is 0 Å². The molecule has 8 nitrogen and oxygen atoms in total. The summed E-state index contributed by atoms with van der Waals surface area (Å²) < 4.78 is 0. The molecule has 18 heavy (non-hydrogen) atoms. The fourth-order valence-corrected chi connectivity index (χ4v) is 1.03. The Hall–Kier alpha value is -2.90. The number of nitrogens with two attached hydrogens (primary N) is 4. The number of rotatable bonds is 4. The molecule has 0 spiro atoms. The van der Waals surface area contributed by atoms with Crippen molar-refractivity contribution in [3.63, 3.8) is 0 Å². The van der Waals surface area contributed by atoms with Gasteiger partial charge in [-0.15, -0.1) is 15.3 Å². The summed E-state index contributed by atoms with van der Waals surface area (Å²) in [6.07, 6.45) is 1.35. The number of hydrogen-bond acceptors (Lipinski definition) is 4. The quantitative estimate of drug-likeness (QED) is 0.303. The lowest BCUT2D eigenvalue weighted by molar-refractivity contribution is 1.20. The molecule has 8 N–H and O–H groups in total. The predicted octanol–water partition coefficient (Wildman–Crippen LogP) is -1.08. The van der Waals surface area contributed by atoms with Gasteiger partial charge in [0.2, 0.25) is 11.9 Å². The minimum atomic E-state index is -0.154. The van der Waals surface area contributed by atoms with Crippen molar-refractivity contribution in [1.82, 2.24) is 0 Å². The third kappa shape index (κ3) is 4.75. The number of hydrogen-bond donors (Lipinski definition) is 4. The van der Waals surface area contributed by atoms with Gasteiger partial charge in [0.1, 0.15) is 5.71 Å². The molecule has 0 saturated heterocycles. The molecule has 0 aliphatic carbocycles. The van der Waals surface area contributed by atoms with E-state index in [1.165, 1.54) is 6.21 Å². The molecule has 0 unspecified atom stereocenters. The van der Waals surface area contributed by atoms with E-state index < -0.39 is 0 Å². The van der Waals surface area contributed by atoms with E-state index in [9.17, 15) is 0 Å². The van der Waals surface area contributed by atoms with Gasteiger partial charge in [-0.2, -0.15) is 5.10 Å². The summed E-state index contributed by atoms with van der Waals surface area (Å²) in [6, 6.07) is 9.20. The first-order valence-electron chi connectivity index (χ1n) is 4.93. The van der Waals surface area contributed by atoms with Gasteiger partial charge < -0.3 is 22.9 Å². The highest BCUT2D eigenvalue weighted by Crippen LogP contribution is 2.00. The van der Waals surface area contributed by atoms with Crippen molar-refractivity contribution < 1.29 is 0 Å². The molecule has 94 valence electrons. The first-order chi connectivity index (χ1) is 8.59. The zero-order chi connectivity index (χ0) is 13.4. The normalized spacial score (nSPS) is 11.2. The monoisotopic (exact) mass is 246 g/mol. The Bertz CT molecular complexity index is 492. The van der Waals surface area contributed by atoms with Crippen LogP contribution in [0.3, 0.4) is 0 Å². The molecule has 1 aromatic carbocycles. The second-order valence-electron chi connectivity index (χ2n) is 3.15. The van der Waals surface area contributed by atoms with Gasteiger partial charge >= 0.3 is 0 Å². The van der Waals surface area contributed by atoms with Crippen molar-refractivity contribution in [3.05, 3.63) is 35.9 Å². The van der Waals surface area contributed by atoms with Crippen LogP contribution in [0.2, 0.25) is 0 Å². The maximum absolute atomic E-state index is 5.20. The van der Waals surface area contributed by atoms with Crippen LogP contribution in [0.5, 0.6) is 0 Å².